The molecule has 0 aromatic heterocycles. The Balaban J connectivity index is 1.84. The second kappa shape index (κ2) is 5.72. The highest BCUT2D eigenvalue weighted by atomic mass is 16.5. The topological polar surface area (TPSA) is 26.3 Å². The van der Waals surface area contributed by atoms with E-state index in [2.05, 4.69) is 25.1 Å². The lowest BCUT2D eigenvalue weighted by molar-refractivity contribution is 0.0901. The standard InChI is InChI=1S/C19H20O2/c1-13-5-3-4-6-14(13)11-16-8-7-15-12-17(21-2)9-10-18(15)19(16)20/h3-6,9-10,12,16H,7-8,11H2,1-2H3/t16-/m0/s1. The van der Waals surface area contributed by atoms with Gasteiger partial charge in [0.25, 0.3) is 0 Å². The van der Waals surface area contributed by atoms with Gasteiger partial charge in [-0.2, -0.15) is 0 Å². The smallest absolute Gasteiger partial charge is 0.166 e. The average Bonchev–Trinajstić information content (AvgIpc) is 2.51. The van der Waals surface area contributed by atoms with Crippen LogP contribution in [0.25, 0.3) is 0 Å². The van der Waals surface area contributed by atoms with Crippen LogP contribution in [0.2, 0.25) is 0 Å². The molecule has 1 atom stereocenters. The van der Waals surface area contributed by atoms with Crippen molar-refractivity contribution in [2.75, 3.05) is 7.11 Å². The van der Waals surface area contributed by atoms with Gasteiger partial charge in [0, 0.05) is 11.5 Å². The number of carbonyl (C=O) groups excluding carboxylic acids is 1. The fourth-order valence-electron chi connectivity index (χ4n) is 3.12. The second-order valence-corrected chi connectivity index (χ2v) is 5.75. The summed E-state index contributed by atoms with van der Waals surface area (Å²) in [5, 5.41) is 0. The first-order chi connectivity index (χ1) is 10.2. The van der Waals surface area contributed by atoms with E-state index in [9.17, 15) is 4.79 Å². The van der Waals surface area contributed by atoms with Crippen LogP contribution in [0.4, 0.5) is 0 Å². The fraction of sp³-hybridized carbons (Fsp3) is 0.316. The van der Waals surface area contributed by atoms with E-state index in [0.29, 0.717) is 0 Å². The summed E-state index contributed by atoms with van der Waals surface area (Å²) < 4.78 is 5.24. The summed E-state index contributed by atoms with van der Waals surface area (Å²) in [6.45, 7) is 2.11. The highest BCUT2D eigenvalue weighted by Crippen LogP contribution is 2.30. The molecule has 0 saturated heterocycles. The van der Waals surface area contributed by atoms with Crippen molar-refractivity contribution >= 4 is 5.78 Å². The Morgan fingerprint density at radius 2 is 2.00 bits per heavy atom. The van der Waals surface area contributed by atoms with E-state index in [4.69, 9.17) is 4.74 Å². The highest BCUT2D eigenvalue weighted by Gasteiger charge is 2.27. The van der Waals surface area contributed by atoms with Crippen molar-refractivity contribution in [1.82, 2.24) is 0 Å². The van der Waals surface area contributed by atoms with E-state index in [1.54, 1.807) is 7.11 Å². The van der Waals surface area contributed by atoms with Crippen LogP contribution in [0.5, 0.6) is 5.75 Å². The highest BCUT2D eigenvalue weighted by molar-refractivity contribution is 6.00. The van der Waals surface area contributed by atoms with Gasteiger partial charge in [-0.3, -0.25) is 4.79 Å². The maximum Gasteiger partial charge on any atom is 0.166 e. The van der Waals surface area contributed by atoms with E-state index in [-0.39, 0.29) is 11.7 Å². The molecule has 0 amide bonds. The number of Topliss-reactive ketones (excluding diaryl/α,β-unsaturated/α-hetero) is 1. The third-order valence-corrected chi connectivity index (χ3v) is 4.44. The Labute approximate surface area is 125 Å². The first-order valence-corrected chi connectivity index (χ1v) is 7.44. The van der Waals surface area contributed by atoms with E-state index >= 15 is 0 Å². The number of methoxy groups -OCH3 is 1. The summed E-state index contributed by atoms with van der Waals surface area (Å²) in [4.78, 5) is 12.7. The molecule has 0 unspecified atom stereocenters. The molecular weight excluding hydrogens is 260 g/mol. The Hall–Kier alpha value is -2.09. The summed E-state index contributed by atoms with van der Waals surface area (Å²) in [5.41, 5.74) is 4.56. The third-order valence-electron chi connectivity index (χ3n) is 4.44. The molecule has 0 saturated carbocycles. The average molecular weight is 280 g/mol. The van der Waals surface area contributed by atoms with Crippen LogP contribution in [0.3, 0.4) is 0 Å². The lowest BCUT2D eigenvalue weighted by atomic mass is 9.79. The molecule has 1 aliphatic carbocycles. The summed E-state index contributed by atoms with van der Waals surface area (Å²) >= 11 is 0. The molecule has 0 fully saturated rings. The molecule has 0 radical (unpaired) electrons. The Kier molecular flexibility index (Phi) is 3.78. The van der Waals surface area contributed by atoms with E-state index in [1.165, 1.54) is 11.1 Å². The number of ether oxygens (including phenoxy) is 1. The van der Waals surface area contributed by atoms with Gasteiger partial charge < -0.3 is 4.74 Å². The maximum absolute atomic E-state index is 12.7. The zero-order chi connectivity index (χ0) is 14.8. The van der Waals surface area contributed by atoms with E-state index in [1.807, 2.05) is 24.3 Å². The van der Waals surface area contributed by atoms with Crippen molar-refractivity contribution in [3.63, 3.8) is 0 Å². The largest absolute Gasteiger partial charge is 0.497 e. The van der Waals surface area contributed by atoms with E-state index < -0.39 is 0 Å². The van der Waals surface area contributed by atoms with Crippen molar-refractivity contribution in [3.8, 4) is 5.75 Å². The number of rotatable bonds is 3. The minimum absolute atomic E-state index is 0.104. The number of ketones is 1. The van der Waals surface area contributed by atoms with Crippen LogP contribution >= 0.6 is 0 Å². The number of aryl methyl sites for hydroxylation is 2. The lowest BCUT2D eigenvalue weighted by Gasteiger charge is -2.24. The monoisotopic (exact) mass is 280 g/mol. The van der Waals surface area contributed by atoms with Crippen molar-refractivity contribution in [1.29, 1.82) is 0 Å². The molecule has 0 bridgehead atoms. The zero-order valence-electron chi connectivity index (χ0n) is 12.6. The minimum Gasteiger partial charge on any atom is -0.497 e. The zero-order valence-corrected chi connectivity index (χ0v) is 12.6. The number of benzene rings is 2. The Bertz CT molecular complexity index is 673. The van der Waals surface area contributed by atoms with Gasteiger partial charge in [-0.05, 0) is 61.1 Å². The molecule has 21 heavy (non-hydrogen) atoms. The van der Waals surface area contributed by atoms with Crippen molar-refractivity contribution < 1.29 is 9.53 Å². The van der Waals surface area contributed by atoms with Gasteiger partial charge in [0.1, 0.15) is 5.75 Å². The van der Waals surface area contributed by atoms with Crippen LogP contribution in [0.15, 0.2) is 42.5 Å². The number of fused-ring (bicyclic) bond motifs is 1. The Morgan fingerprint density at radius 3 is 2.76 bits per heavy atom. The predicted molar refractivity (Wildman–Crippen MR) is 84.0 cm³/mol. The first kappa shape index (κ1) is 13.9. The van der Waals surface area contributed by atoms with Gasteiger partial charge in [0.15, 0.2) is 5.78 Å². The normalized spacial score (nSPS) is 17.4. The quantitative estimate of drug-likeness (QED) is 0.849. The van der Waals surface area contributed by atoms with Gasteiger partial charge in [0.05, 0.1) is 7.11 Å². The SMILES string of the molecule is COc1ccc2c(c1)CC[C@@H](Cc1ccccc1C)C2=O. The number of hydrogen-bond donors (Lipinski definition) is 0. The van der Waals surface area contributed by atoms with Crippen molar-refractivity contribution in [2.45, 2.75) is 26.2 Å². The van der Waals surface area contributed by atoms with Crippen LogP contribution in [-0.4, -0.2) is 12.9 Å². The van der Waals surface area contributed by atoms with Gasteiger partial charge >= 0.3 is 0 Å². The van der Waals surface area contributed by atoms with Gasteiger partial charge in [-0.1, -0.05) is 24.3 Å². The maximum atomic E-state index is 12.7. The van der Waals surface area contributed by atoms with Crippen molar-refractivity contribution in [3.05, 3.63) is 64.7 Å². The second-order valence-electron chi connectivity index (χ2n) is 5.75. The van der Waals surface area contributed by atoms with Gasteiger partial charge in [-0.25, -0.2) is 0 Å². The number of carbonyl (C=O) groups is 1. The van der Waals surface area contributed by atoms with Gasteiger partial charge in [0.2, 0.25) is 0 Å². The molecule has 3 rings (SSSR count). The molecule has 0 heterocycles. The van der Waals surface area contributed by atoms with Crippen LogP contribution in [-0.2, 0) is 12.8 Å². The molecule has 2 nitrogen and oxygen atoms in total. The molecule has 0 N–H and O–H groups in total. The van der Waals surface area contributed by atoms with Crippen LogP contribution in [0.1, 0.15) is 33.5 Å². The summed E-state index contributed by atoms with van der Waals surface area (Å²) in [7, 11) is 1.66. The first-order valence-electron chi connectivity index (χ1n) is 7.44. The molecule has 0 aliphatic heterocycles. The molecule has 1 aliphatic rings. The molecule has 0 spiro atoms. The van der Waals surface area contributed by atoms with Crippen LogP contribution < -0.4 is 4.74 Å². The van der Waals surface area contributed by atoms with Gasteiger partial charge in [-0.15, -0.1) is 0 Å². The predicted octanol–water partition coefficient (Wildman–Crippen LogP) is 3.99. The van der Waals surface area contributed by atoms with Crippen LogP contribution in [0, 0.1) is 12.8 Å². The third kappa shape index (κ3) is 2.71. The van der Waals surface area contributed by atoms with E-state index in [0.717, 1.165) is 36.1 Å². The summed E-state index contributed by atoms with van der Waals surface area (Å²) in [6.07, 6.45) is 2.72. The molecule has 2 aromatic carbocycles. The molecule has 108 valence electrons. The van der Waals surface area contributed by atoms with Crippen molar-refractivity contribution in [2.24, 2.45) is 5.92 Å². The fourth-order valence-corrected chi connectivity index (χ4v) is 3.12. The lowest BCUT2D eigenvalue weighted by Crippen LogP contribution is -2.24. The summed E-state index contributed by atoms with van der Waals surface area (Å²) in [6, 6.07) is 14.1. The summed E-state index contributed by atoms with van der Waals surface area (Å²) in [5.74, 6) is 1.22. The molecule has 2 aromatic rings. The molecule has 2 heteroatoms. The molecular formula is C19H20O2. The number of hydrogen-bond acceptors (Lipinski definition) is 2. The minimum atomic E-state index is 0.104. The Morgan fingerprint density at radius 1 is 1.19 bits per heavy atom.